The smallest absolute Gasteiger partial charge is 0.326 e. The topological polar surface area (TPSA) is 180 Å². The fourth-order valence-corrected chi connectivity index (χ4v) is 3.45. The molecule has 2 rings (SSSR count). The second-order valence-electron chi connectivity index (χ2n) is 8.56. The maximum Gasteiger partial charge on any atom is 0.326 e. The molecule has 198 valence electrons. The minimum Gasteiger partial charge on any atom is -0.480 e. The van der Waals surface area contributed by atoms with Crippen molar-refractivity contribution in [1.82, 2.24) is 21.3 Å². The first-order chi connectivity index (χ1) is 17.6. The van der Waals surface area contributed by atoms with E-state index >= 15 is 0 Å². The second kappa shape index (κ2) is 14.3. The van der Waals surface area contributed by atoms with Crippen LogP contribution in [0.25, 0.3) is 0 Å². The Bertz CT molecular complexity index is 1080. The molecule has 2 aromatic carbocycles. The highest BCUT2D eigenvalue weighted by Crippen LogP contribution is 2.07. The first-order valence-electron chi connectivity index (χ1n) is 11.8. The summed E-state index contributed by atoms with van der Waals surface area (Å²) < 4.78 is 0. The van der Waals surface area contributed by atoms with Gasteiger partial charge < -0.3 is 32.1 Å². The van der Waals surface area contributed by atoms with Gasteiger partial charge in [-0.15, -0.1) is 0 Å². The Kier molecular flexibility index (Phi) is 11.2. The molecule has 0 heterocycles. The lowest BCUT2D eigenvalue weighted by atomic mass is 10.0. The Morgan fingerprint density at radius 2 is 1.11 bits per heavy atom. The molecule has 0 radical (unpaired) electrons. The van der Waals surface area contributed by atoms with E-state index in [-0.39, 0.29) is 19.4 Å². The van der Waals surface area contributed by atoms with Crippen molar-refractivity contribution in [1.29, 1.82) is 0 Å². The van der Waals surface area contributed by atoms with Gasteiger partial charge >= 0.3 is 5.97 Å². The van der Waals surface area contributed by atoms with E-state index in [4.69, 9.17) is 5.73 Å². The van der Waals surface area contributed by atoms with Crippen molar-refractivity contribution >= 4 is 29.6 Å². The molecule has 4 amide bonds. The number of nitrogens with two attached hydrogens (primary N) is 1. The number of carboxylic acids is 1. The van der Waals surface area contributed by atoms with Crippen LogP contribution in [0.4, 0.5) is 0 Å². The van der Waals surface area contributed by atoms with E-state index in [1.807, 2.05) is 0 Å². The number of amides is 4. The lowest BCUT2D eigenvalue weighted by Crippen LogP contribution is -2.57. The van der Waals surface area contributed by atoms with Gasteiger partial charge in [0.15, 0.2) is 0 Å². The number of hydrogen-bond donors (Lipinski definition) is 6. The molecule has 0 saturated heterocycles. The van der Waals surface area contributed by atoms with E-state index < -0.39 is 53.8 Å². The lowest BCUT2D eigenvalue weighted by molar-refractivity contribution is -0.142. The molecule has 0 saturated carbocycles. The van der Waals surface area contributed by atoms with Crippen molar-refractivity contribution in [3.63, 3.8) is 0 Å². The number of rotatable bonds is 13. The van der Waals surface area contributed by atoms with E-state index in [0.717, 1.165) is 11.1 Å². The highest BCUT2D eigenvalue weighted by Gasteiger charge is 2.29. The molecule has 2 aromatic rings. The monoisotopic (exact) mass is 511 g/mol. The van der Waals surface area contributed by atoms with Crippen LogP contribution in [0.3, 0.4) is 0 Å². The highest BCUT2D eigenvalue weighted by molar-refractivity contribution is 5.95. The van der Waals surface area contributed by atoms with Crippen molar-refractivity contribution in [2.24, 2.45) is 5.73 Å². The quantitative estimate of drug-likeness (QED) is 0.210. The maximum atomic E-state index is 13.2. The normalized spacial score (nSPS) is 13.8. The lowest BCUT2D eigenvalue weighted by Gasteiger charge is -2.24. The van der Waals surface area contributed by atoms with Crippen LogP contribution in [0, 0.1) is 0 Å². The minimum atomic E-state index is -1.21. The molecule has 4 atom stereocenters. The molecule has 4 unspecified atom stereocenters. The van der Waals surface area contributed by atoms with Gasteiger partial charge in [-0.05, 0) is 25.0 Å². The van der Waals surface area contributed by atoms with Crippen LogP contribution >= 0.6 is 0 Å². The number of carbonyl (C=O) groups excluding carboxylic acids is 4. The van der Waals surface area contributed by atoms with Gasteiger partial charge in [0.1, 0.15) is 24.2 Å². The van der Waals surface area contributed by atoms with Crippen LogP contribution in [0.15, 0.2) is 60.7 Å². The molecule has 0 aromatic heterocycles. The standard InChI is InChI=1S/C26H33N5O6/c1-16(28-22(32)15-27)23(33)29-17(2)24(34)30-20(13-18-9-5-3-6-10-18)25(35)31-21(26(36)37)14-19-11-7-4-8-12-19/h3-12,16-17,20-21H,13-15,27H2,1-2H3,(H,28,32)(H,29,33)(H,30,34)(H,31,35)(H,36,37). The predicted octanol–water partition coefficient (Wildman–Crippen LogP) is -0.506. The minimum absolute atomic E-state index is 0.0623. The molecule has 0 aliphatic carbocycles. The second-order valence-corrected chi connectivity index (χ2v) is 8.56. The number of carboxylic acid groups (broad SMARTS) is 1. The van der Waals surface area contributed by atoms with E-state index in [9.17, 15) is 29.1 Å². The van der Waals surface area contributed by atoms with Crippen LogP contribution in [-0.4, -0.2) is 65.4 Å². The zero-order chi connectivity index (χ0) is 27.4. The molecule has 0 bridgehead atoms. The maximum absolute atomic E-state index is 13.2. The van der Waals surface area contributed by atoms with Gasteiger partial charge in [-0.1, -0.05) is 60.7 Å². The molecule has 11 heteroatoms. The Balaban J connectivity index is 2.12. The molecule has 37 heavy (non-hydrogen) atoms. The third-order valence-electron chi connectivity index (χ3n) is 5.52. The number of nitrogens with one attached hydrogen (secondary N) is 4. The third kappa shape index (κ3) is 9.73. The van der Waals surface area contributed by atoms with E-state index in [1.54, 1.807) is 60.7 Å². The Morgan fingerprint density at radius 3 is 1.59 bits per heavy atom. The Morgan fingerprint density at radius 1 is 0.676 bits per heavy atom. The van der Waals surface area contributed by atoms with Crippen molar-refractivity contribution in [3.05, 3.63) is 71.8 Å². The molecule has 7 N–H and O–H groups in total. The van der Waals surface area contributed by atoms with E-state index in [2.05, 4.69) is 21.3 Å². The summed E-state index contributed by atoms with van der Waals surface area (Å²) >= 11 is 0. The first kappa shape index (κ1) is 29.0. The van der Waals surface area contributed by atoms with Crippen molar-refractivity contribution in [2.75, 3.05) is 6.54 Å². The number of carbonyl (C=O) groups is 5. The number of benzene rings is 2. The fourth-order valence-electron chi connectivity index (χ4n) is 3.45. The summed E-state index contributed by atoms with van der Waals surface area (Å²) in [6.07, 6.45) is 0.159. The van der Waals surface area contributed by atoms with Gasteiger partial charge in [0, 0.05) is 12.8 Å². The van der Waals surface area contributed by atoms with Crippen molar-refractivity contribution in [3.8, 4) is 0 Å². The zero-order valence-corrected chi connectivity index (χ0v) is 20.8. The Labute approximate surface area is 215 Å². The average molecular weight is 512 g/mol. The summed E-state index contributed by atoms with van der Waals surface area (Å²) in [5.74, 6) is -3.68. The van der Waals surface area contributed by atoms with Crippen LogP contribution in [0.2, 0.25) is 0 Å². The van der Waals surface area contributed by atoms with Gasteiger partial charge in [-0.25, -0.2) is 4.79 Å². The summed E-state index contributed by atoms with van der Waals surface area (Å²) in [7, 11) is 0. The fraction of sp³-hybridized carbons (Fsp3) is 0.346. The molecule has 0 aliphatic heterocycles. The van der Waals surface area contributed by atoms with Gasteiger partial charge in [-0.2, -0.15) is 0 Å². The third-order valence-corrected chi connectivity index (χ3v) is 5.52. The molecule has 0 spiro atoms. The zero-order valence-electron chi connectivity index (χ0n) is 20.8. The summed E-state index contributed by atoms with van der Waals surface area (Å²) in [4.78, 5) is 61.6. The van der Waals surface area contributed by atoms with Crippen LogP contribution < -0.4 is 27.0 Å². The summed E-state index contributed by atoms with van der Waals surface area (Å²) in [6, 6.07) is 13.5. The SMILES string of the molecule is CC(NC(=O)CN)C(=O)NC(C)C(=O)NC(Cc1ccccc1)C(=O)NC(Cc1ccccc1)C(=O)O. The Hall–Kier alpha value is -4.25. The molecule has 0 fully saturated rings. The van der Waals surface area contributed by atoms with Crippen LogP contribution in [0.5, 0.6) is 0 Å². The van der Waals surface area contributed by atoms with Crippen LogP contribution in [-0.2, 0) is 36.8 Å². The van der Waals surface area contributed by atoms with Gasteiger partial charge in [-0.3, -0.25) is 19.2 Å². The number of aliphatic carboxylic acids is 1. The van der Waals surface area contributed by atoms with Crippen molar-refractivity contribution < 1.29 is 29.1 Å². The summed E-state index contributed by atoms with van der Waals surface area (Å²) in [6.45, 7) is 2.58. The summed E-state index contributed by atoms with van der Waals surface area (Å²) in [5, 5.41) is 19.7. The largest absolute Gasteiger partial charge is 0.480 e. The van der Waals surface area contributed by atoms with Crippen molar-refractivity contribution in [2.45, 2.75) is 50.9 Å². The van der Waals surface area contributed by atoms with Gasteiger partial charge in [0.2, 0.25) is 23.6 Å². The summed E-state index contributed by atoms with van der Waals surface area (Å²) in [5.41, 5.74) is 6.70. The highest BCUT2D eigenvalue weighted by atomic mass is 16.4. The van der Waals surface area contributed by atoms with E-state index in [1.165, 1.54) is 13.8 Å². The molecular weight excluding hydrogens is 478 g/mol. The first-order valence-corrected chi connectivity index (χ1v) is 11.8. The molecule has 0 aliphatic rings. The average Bonchev–Trinajstić information content (AvgIpc) is 2.88. The van der Waals surface area contributed by atoms with Crippen LogP contribution in [0.1, 0.15) is 25.0 Å². The molecular formula is C26H33N5O6. The predicted molar refractivity (Wildman–Crippen MR) is 136 cm³/mol. The van der Waals surface area contributed by atoms with Gasteiger partial charge in [0.05, 0.1) is 6.54 Å². The number of hydrogen-bond acceptors (Lipinski definition) is 6. The van der Waals surface area contributed by atoms with Gasteiger partial charge in [0.25, 0.3) is 0 Å². The molecule has 11 nitrogen and oxygen atoms in total. The van der Waals surface area contributed by atoms with E-state index in [0.29, 0.717) is 0 Å².